The van der Waals surface area contributed by atoms with Gasteiger partial charge in [-0.25, -0.2) is 12.1 Å². The fourth-order valence-electron chi connectivity index (χ4n) is 1.07. The van der Waals surface area contributed by atoms with Crippen molar-refractivity contribution in [2.75, 3.05) is 6.61 Å². The van der Waals surface area contributed by atoms with Crippen molar-refractivity contribution in [2.45, 2.75) is 12.4 Å². The number of rotatable bonds is 5. The molecule has 0 heterocycles. The Hall–Kier alpha value is -0.926. The molecule has 1 aromatic carbocycles. The monoisotopic (exact) mass is 411 g/mol. The predicted octanol–water partition coefficient (Wildman–Crippen LogP) is 2.09. The topological polar surface area (TPSA) is 69.7 Å². The van der Waals surface area contributed by atoms with E-state index in [2.05, 4.69) is 21.1 Å². The van der Waals surface area contributed by atoms with Gasteiger partial charge in [-0.2, -0.15) is 33.7 Å². The number of hydrogen-bond acceptors (Lipinski definition) is 5. The average Bonchev–Trinajstić information content (AvgIpc) is 2.35. The van der Waals surface area contributed by atoms with Crippen LogP contribution < -0.4 is 4.18 Å². The zero-order valence-electron chi connectivity index (χ0n) is 11.2. The first-order valence-corrected chi connectivity index (χ1v) is 6.86. The van der Waals surface area contributed by atoms with E-state index in [9.17, 15) is 26.4 Å². The molecule has 0 spiro atoms. The van der Waals surface area contributed by atoms with Crippen molar-refractivity contribution in [1.29, 1.82) is 0 Å². The third kappa shape index (κ3) is 6.45. The summed E-state index contributed by atoms with van der Waals surface area (Å²) in [6, 6.07) is 5.81. The molecule has 0 aliphatic rings. The first-order chi connectivity index (χ1) is 9.65. The van der Waals surface area contributed by atoms with Gasteiger partial charge in [0.2, 0.25) is 5.97 Å². The predicted molar refractivity (Wildman–Crippen MR) is 65.2 cm³/mol. The van der Waals surface area contributed by atoms with Crippen LogP contribution in [0, 0.1) is 12.1 Å². The number of carbonyl (C=O) groups excluding carboxylic acids is 1. The largest absolute Gasteiger partial charge is 0.534 e. The standard InChI is InChI=1S/C12H9F3O5S.Y/c1-2-19-11(16)7-6-9-4-3-5-10(8-9)20-21(17,18)12(13,14)15;/h3-6H,2H2,1H3;/q-2;. The van der Waals surface area contributed by atoms with Crippen molar-refractivity contribution >= 4 is 22.2 Å². The molecule has 5 nitrogen and oxygen atoms in total. The van der Waals surface area contributed by atoms with Gasteiger partial charge in [-0.15, -0.1) is 6.07 Å². The van der Waals surface area contributed by atoms with Gasteiger partial charge in [0.15, 0.2) is 0 Å². The van der Waals surface area contributed by atoms with E-state index in [1.165, 1.54) is 12.1 Å². The van der Waals surface area contributed by atoms with Crippen molar-refractivity contribution in [3.63, 3.8) is 0 Å². The Balaban J connectivity index is 0.00000441. The Bertz CT molecular complexity index is 640. The SMILES string of the molecule is CCOC(=O)[C-]=Cc1[c-]c(OS(=O)(=O)C(F)(F)F)ccc1.[Y]. The minimum Gasteiger partial charge on any atom is -0.477 e. The van der Waals surface area contributed by atoms with Gasteiger partial charge < -0.3 is 15.0 Å². The van der Waals surface area contributed by atoms with Gasteiger partial charge >= 0.3 is 15.6 Å². The van der Waals surface area contributed by atoms with Crippen LogP contribution in [0.5, 0.6) is 5.75 Å². The Morgan fingerprint density at radius 2 is 2.05 bits per heavy atom. The number of benzene rings is 1. The third-order valence-electron chi connectivity index (χ3n) is 1.89. The maximum atomic E-state index is 12.2. The molecule has 119 valence electrons. The molecule has 1 aromatic rings. The number of esters is 1. The molecular formula is C12H9F3O5SY-2. The van der Waals surface area contributed by atoms with Gasteiger partial charge in [0.1, 0.15) is 0 Å². The Morgan fingerprint density at radius 3 is 2.59 bits per heavy atom. The molecule has 1 radical (unpaired) electrons. The second-order valence-corrected chi connectivity index (χ2v) is 5.00. The summed E-state index contributed by atoms with van der Waals surface area (Å²) in [4.78, 5) is 11.0. The van der Waals surface area contributed by atoms with Crippen LogP contribution in [0.1, 0.15) is 12.5 Å². The van der Waals surface area contributed by atoms with Crippen LogP contribution in [-0.4, -0.2) is 26.5 Å². The molecular weight excluding hydrogens is 402 g/mol. The number of halogens is 3. The minimum absolute atomic E-state index is 0. The zero-order chi connectivity index (χ0) is 16.1. The van der Waals surface area contributed by atoms with Gasteiger partial charge in [0.25, 0.3) is 0 Å². The van der Waals surface area contributed by atoms with Gasteiger partial charge in [-0.05, 0) is 6.92 Å². The van der Waals surface area contributed by atoms with Crippen molar-refractivity contribution in [3.8, 4) is 5.75 Å². The molecule has 10 heteroatoms. The van der Waals surface area contributed by atoms with Crippen molar-refractivity contribution < 1.29 is 68.0 Å². The van der Waals surface area contributed by atoms with Gasteiger partial charge in [0, 0.05) is 38.5 Å². The van der Waals surface area contributed by atoms with Crippen LogP contribution in [0.15, 0.2) is 18.2 Å². The summed E-state index contributed by atoms with van der Waals surface area (Å²) in [5.41, 5.74) is -5.44. The molecule has 22 heavy (non-hydrogen) atoms. The molecule has 0 aromatic heterocycles. The van der Waals surface area contributed by atoms with Crippen molar-refractivity contribution in [2.24, 2.45) is 0 Å². The molecule has 0 aliphatic heterocycles. The minimum atomic E-state index is -5.76. The van der Waals surface area contributed by atoms with E-state index < -0.39 is 27.3 Å². The van der Waals surface area contributed by atoms with E-state index in [0.29, 0.717) is 0 Å². The summed E-state index contributed by atoms with van der Waals surface area (Å²) in [5, 5.41) is 0. The fraction of sp³-hybridized carbons (Fsp3) is 0.250. The van der Waals surface area contributed by atoms with E-state index >= 15 is 0 Å². The summed E-state index contributed by atoms with van der Waals surface area (Å²) >= 11 is 0. The molecule has 0 N–H and O–H groups in total. The summed E-state index contributed by atoms with van der Waals surface area (Å²) in [6.07, 6.45) is 3.25. The first-order valence-electron chi connectivity index (χ1n) is 5.45. The summed E-state index contributed by atoms with van der Waals surface area (Å²) in [5.74, 6) is -1.44. The normalized spacial score (nSPS) is 11.8. The number of hydrogen-bond donors (Lipinski definition) is 0. The molecule has 0 amide bonds. The first kappa shape index (κ1) is 21.1. The molecule has 1 rings (SSSR count). The maximum Gasteiger partial charge on any atom is 0.534 e. The Kier molecular flexibility index (Phi) is 8.28. The summed E-state index contributed by atoms with van der Waals surface area (Å²) in [6.45, 7) is 1.72. The van der Waals surface area contributed by atoms with Crippen molar-refractivity contribution in [3.05, 3.63) is 35.9 Å². The number of ether oxygens (including phenoxy) is 1. The molecule has 0 bridgehead atoms. The van der Waals surface area contributed by atoms with E-state index in [4.69, 9.17) is 0 Å². The molecule has 0 fully saturated rings. The second-order valence-electron chi connectivity index (χ2n) is 3.46. The molecule has 0 saturated heterocycles. The second kappa shape index (κ2) is 8.64. The van der Waals surface area contributed by atoms with E-state index in [1.807, 2.05) is 0 Å². The van der Waals surface area contributed by atoms with Gasteiger partial charge in [-0.1, -0.05) is 0 Å². The van der Waals surface area contributed by atoms with E-state index in [-0.39, 0.29) is 44.9 Å². The molecule has 0 unspecified atom stereocenters. The van der Waals surface area contributed by atoms with E-state index in [0.717, 1.165) is 12.1 Å². The quantitative estimate of drug-likeness (QED) is 0.244. The molecule has 0 atom stereocenters. The number of alkyl halides is 3. The van der Waals surface area contributed by atoms with Crippen LogP contribution in [0.2, 0.25) is 0 Å². The fourth-order valence-corrected chi connectivity index (χ4v) is 1.50. The summed E-state index contributed by atoms with van der Waals surface area (Å²) in [7, 11) is -5.76. The molecule has 0 saturated carbocycles. The maximum absolute atomic E-state index is 12.2. The smallest absolute Gasteiger partial charge is 0.477 e. The van der Waals surface area contributed by atoms with Crippen LogP contribution in [-0.2, 0) is 52.4 Å². The van der Waals surface area contributed by atoms with Gasteiger partial charge in [-0.3, -0.25) is 10.4 Å². The van der Waals surface area contributed by atoms with Crippen LogP contribution in [0.3, 0.4) is 0 Å². The summed E-state index contributed by atoms with van der Waals surface area (Å²) < 4.78 is 66.5. The average molecular weight is 411 g/mol. The van der Waals surface area contributed by atoms with Crippen LogP contribution in [0.4, 0.5) is 13.2 Å². The van der Waals surface area contributed by atoms with Crippen molar-refractivity contribution in [1.82, 2.24) is 0 Å². The molecule has 0 aliphatic carbocycles. The number of carbonyl (C=O) groups is 1. The van der Waals surface area contributed by atoms with Crippen LogP contribution in [0.25, 0.3) is 6.08 Å². The Morgan fingerprint density at radius 1 is 1.41 bits per heavy atom. The van der Waals surface area contributed by atoms with Crippen LogP contribution >= 0.6 is 0 Å². The Labute approximate surface area is 150 Å². The third-order valence-corrected chi connectivity index (χ3v) is 2.86. The zero-order valence-corrected chi connectivity index (χ0v) is 14.8. The van der Waals surface area contributed by atoms with E-state index in [1.54, 1.807) is 6.92 Å². The van der Waals surface area contributed by atoms with Gasteiger partial charge in [0.05, 0.1) is 6.61 Å².